The zero-order valence-corrected chi connectivity index (χ0v) is 11.6. The van der Waals surface area contributed by atoms with Crippen molar-refractivity contribution < 1.29 is 0 Å². The van der Waals surface area contributed by atoms with Crippen LogP contribution in [0, 0.1) is 0 Å². The van der Waals surface area contributed by atoms with Gasteiger partial charge in [0.15, 0.2) is 0 Å². The second-order valence-corrected chi connectivity index (χ2v) is 5.30. The van der Waals surface area contributed by atoms with Crippen LogP contribution >= 0.6 is 0 Å². The first-order chi connectivity index (χ1) is 9.83. The average Bonchev–Trinajstić information content (AvgIpc) is 2.72. The minimum Gasteiger partial charge on any atom is -0.399 e. The second-order valence-electron chi connectivity index (χ2n) is 5.30. The molecule has 3 N–H and O–H groups in total. The summed E-state index contributed by atoms with van der Waals surface area (Å²) in [5.74, 6) is 0.994. The minimum absolute atomic E-state index is 0.768. The summed E-state index contributed by atoms with van der Waals surface area (Å²) in [6.07, 6.45) is 7.59. The number of rotatable bonds is 3. The van der Waals surface area contributed by atoms with E-state index in [0.717, 1.165) is 30.9 Å². The topological polar surface area (TPSA) is 63.8 Å². The number of aryl methyl sites for hydroxylation is 1. The van der Waals surface area contributed by atoms with E-state index in [9.17, 15) is 0 Å². The molecule has 4 heteroatoms. The summed E-state index contributed by atoms with van der Waals surface area (Å²) in [5.41, 5.74) is 10.2. The van der Waals surface area contributed by atoms with Crippen LogP contribution in [-0.2, 0) is 19.4 Å². The highest BCUT2D eigenvalue weighted by atomic mass is 15.0. The third-order valence-electron chi connectivity index (χ3n) is 3.81. The molecular weight excluding hydrogens is 248 g/mol. The van der Waals surface area contributed by atoms with E-state index in [4.69, 9.17) is 5.73 Å². The van der Waals surface area contributed by atoms with E-state index >= 15 is 0 Å². The number of hydrogen-bond acceptors (Lipinski definition) is 4. The van der Waals surface area contributed by atoms with Crippen molar-refractivity contribution in [1.82, 2.24) is 9.97 Å². The Morgan fingerprint density at radius 3 is 2.65 bits per heavy atom. The van der Waals surface area contributed by atoms with Gasteiger partial charge in [0.25, 0.3) is 0 Å². The molecule has 0 amide bonds. The molecule has 0 radical (unpaired) electrons. The summed E-state index contributed by atoms with van der Waals surface area (Å²) < 4.78 is 0. The normalized spacial score (nSPS) is 14.4. The fraction of sp³-hybridized carbons (Fsp3) is 0.375. The molecule has 1 aromatic heterocycles. The molecule has 1 aliphatic rings. The Balaban J connectivity index is 1.75. The van der Waals surface area contributed by atoms with Crippen LogP contribution in [0.4, 0.5) is 11.5 Å². The molecule has 2 aromatic rings. The smallest absolute Gasteiger partial charge is 0.133 e. The standard InChI is InChI=1S/C16H20N4/c17-13-8-6-12(7-9-13)10-18-16-14-4-2-1-3-5-15(14)19-11-20-16/h6-9,11H,1-5,10,17H2,(H,18,19,20). The SMILES string of the molecule is Nc1ccc(CNc2ncnc3c2CCCCC3)cc1. The third kappa shape index (κ3) is 2.90. The van der Waals surface area contributed by atoms with Gasteiger partial charge in [-0.1, -0.05) is 18.6 Å². The molecule has 4 nitrogen and oxygen atoms in total. The van der Waals surface area contributed by atoms with Gasteiger partial charge in [-0.15, -0.1) is 0 Å². The Hall–Kier alpha value is -2.10. The summed E-state index contributed by atoms with van der Waals surface area (Å²) >= 11 is 0. The maximum atomic E-state index is 5.70. The molecule has 0 bridgehead atoms. The predicted molar refractivity (Wildman–Crippen MR) is 81.5 cm³/mol. The molecule has 0 unspecified atom stereocenters. The zero-order valence-electron chi connectivity index (χ0n) is 11.6. The maximum Gasteiger partial charge on any atom is 0.133 e. The fourth-order valence-corrected chi connectivity index (χ4v) is 2.67. The first-order valence-corrected chi connectivity index (χ1v) is 7.24. The van der Waals surface area contributed by atoms with Crippen molar-refractivity contribution in [2.45, 2.75) is 38.6 Å². The van der Waals surface area contributed by atoms with Gasteiger partial charge < -0.3 is 11.1 Å². The van der Waals surface area contributed by atoms with Crippen molar-refractivity contribution in [2.75, 3.05) is 11.1 Å². The van der Waals surface area contributed by atoms with Crippen LogP contribution in [-0.4, -0.2) is 9.97 Å². The Kier molecular flexibility index (Phi) is 3.81. The Labute approximate surface area is 119 Å². The van der Waals surface area contributed by atoms with Gasteiger partial charge >= 0.3 is 0 Å². The second kappa shape index (κ2) is 5.90. The first-order valence-electron chi connectivity index (χ1n) is 7.24. The largest absolute Gasteiger partial charge is 0.399 e. The molecule has 0 spiro atoms. The van der Waals surface area contributed by atoms with E-state index in [1.807, 2.05) is 24.3 Å². The quantitative estimate of drug-likeness (QED) is 0.663. The van der Waals surface area contributed by atoms with E-state index < -0.39 is 0 Å². The van der Waals surface area contributed by atoms with Crippen molar-refractivity contribution in [3.8, 4) is 0 Å². The minimum atomic E-state index is 0.768. The number of hydrogen-bond donors (Lipinski definition) is 2. The van der Waals surface area contributed by atoms with Crippen LogP contribution in [0.2, 0.25) is 0 Å². The zero-order chi connectivity index (χ0) is 13.8. The third-order valence-corrected chi connectivity index (χ3v) is 3.81. The highest BCUT2D eigenvalue weighted by Gasteiger charge is 2.13. The Morgan fingerprint density at radius 1 is 1.00 bits per heavy atom. The summed E-state index contributed by atoms with van der Waals surface area (Å²) in [4.78, 5) is 8.86. The summed E-state index contributed by atoms with van der Waals surface area (Å²) in [7, 11) is 0. The Bertz CT molecular complexity index is 578. The molecule has 20 heavy (non-hydrogen) atoms. The number of nitrogens with zero attached hydrogens (tertiary/aromatic N) is 2. The number of nitrogens with two attached hydrogens (primary N) is 1. The molecular formula is C16H20N4. The summed E-state index contributed by atoms with van der Waals surface area (Å²) in [6, 6.07) is 7.94. The van der Waals surface area contributed by atoms with Gasteiger partial charge in [-0.2, -0.15) is 0 Å². The molecule has 1 aromatic carbocycles. The van der Waals surface area contributed by atoms with Crippen LogP contribution < -0.4 is 11.1 Å². The van der Waals surface area contributed by atoms with Crippen molar-refractivity contribution in [3.63, 3.8) is 0 Å². The lowest BCUT2D eigenvalue weighted by Gasteiger charge is -2.12. The van der Waals surface area contributed by atoms with Gasteiger partial charge in [-0.25, -0.2) is 9.97 Å². The lowest BCUT2D eigenvalue weighted by molar-refractivity contribution is 0.709. The van der Waals surface area contributed by atoms with Gasteiger partial charge in [0, 0.05) is 23.5 Å². The molecule has 0 fully saturated rings. The van der Waals surface area contributed by atoms with Crippen LogP contribution in [0.15, 0.2) is 30.6 Å². The molecule has 0 saturated carbocycles. The van der Waals surface area contributed by atoms with Crippen molar-refractivity contribution in [1.29, 1.82) is 0 Å². The molecule has 0 aliphatic heterocycles. The average molecular weight is 268 g/mol. The Morgan fingerprint density at radius 2 is 1.80 bits per heavy atom. The predicted octanol–water partition coefficient (Wildman–Crippen LogP) is 2.94. The molecule has 1 aliphatic carbocycles. The highest BCUT2D eigenvalue weighted by Crippen LogP contribution is 2.24. The monoisotopic (exact) mass is 268 g/mol. The van der Waals surface area contributed by atoms with E-state index in [1.165, 1.54) is 36.1 Å². The van der Waals surface area contributed by atoms with Crippen LogP contribution in [0.3, 0.4) is 0 Å². The van der Waals surface area contributed by atoms with Gasteiger partial charge in [0.2, 0.25) is 0 Å². The van der Waals surface area contributed by atoms with E-state index in [0.29, 0.717) is 0 Å². The first kappa shape index (κ1) is 12.9. The van der Waals surface area contributed by atoms with Crippen LogP contribution in [0.25, 0.3) is 0 Å². The van der Waals surface area contributed by atoms with Gasteiger partial charge in [-0.05, 0) is 43.4 Å². The number of aromatic nitrogens is 2. The molecule has 104 valence electrons. The molecule has 0 atom stereocenters. The van der Waals surface area contributed by atoms with Crippen molar-refractivity contribution >= 4 is 11.5 Å². The summed E-state index contributed by atoms with van der Waals surface area (Å²) in [5, 5.41) is 3.44. The molecule has 3 rings (SSSR count). The molecule has 1 heterocycles. The number of anilines is 2. The number of nitrogens with one attached hydrogen (secondary N) is 1. The number of nitrogen functional groups attached to an aromatic ring is 1. The fourth-order valence-electron chi connectivity index (χ4n) is 2.67. The number of fused-ring (bicyclic) bond motifs is 1. The van der Waals surface area contributed by atoms with Crippen molar-refractivity contribution in [3.05, 3.63) is 47.4 Å². The lowest BCUT2D eigenvalue weighted by atomic mass is 10.1. The van der Waals surface area contributed by atoms with Gasteiger partial charge in [0.1, 0.15) is 12.1 Å². The highest BCUT2D eigenvalue weighted by molar-refractivity contribution is 5.47. The van der Waals surface area contributed by atoms with Crippen LogP contribution in [0.1, 0.15) is 36.1 Å². The van der Waals surface area contributed by atoms with Gasteiger partial charge in [-0.3, -0.25) is 0 Å². The van der Waals surface area contributed by atoms with E-state index in [2.05, 4.69) is 15.3 Å². The summed E-state index contributed by atoms with van der Waals surface area (Å²) in [6.45, 7) is 0.768. The lowest BCUT2D eigenvalue weighted by Crippen LogP contribution is -2.08. The van der Waals surface area contributed by atoms with Gasteiger partial charge in [0.05, 0.1) is 0 Å². The van der Waals surface area contributed by atoms with E-state index in [-0.39, 0.29) is 0 Å². The number of benzene rings is 1. The maximum absolute atomic E-state index is 5.70. The van der Waals surface area contributed by atoms with Crippen molar-refractivity contribution in [2.24, 2.45) is 0 Å². The molecule has 0 saturated heterocycles. The van der Waals surface area contributed by atoms with E-state index in [1.54, 1.807) is 6.33 Å². The van der Waals surface area contributed by atoms with Crippen LogP contribution in [0.5, 0.6) is 0 Å².